The van der Waals surface area contributed by atoms with Gasteiger partial charge in [-0.2, -0.15) is 5.10 Å². The van der Waals surface area contributed by atoms with E-state index < -0.39 is 0 Å². The molecule has 2 aromatic heterocycles. The van der Waals surface area contributed by atoms with E-state index in [4.69, 9.17) is 0 Å². The number of nitrogens with one attached hydrogen (secondary N) is 2. The van der Waals surface area contributed by atoms with Crippen molar-refractivity contribution >= 4 is 6.03 Å². The van der Waals surface area contributed by atoms with Crippen LogP contribution in [0, 0.1) is 0 Å². The highest BCUT2D eigenvalue weighted by molar-refractivity contribution is 5.74. The quantitative estimate of drug-likeness (QED) is 0.871. The summed E-state index contributed by atoms with van der Waals surface area (Å²) in [5.74, 6) is 0. The van der Waals surface area contributed by atoms with E-state index in [-0.39, 0.29) is 18.1 Å². The Kier molecular flexibility index (Phi) is 4.70. The summed E-state index contributed by atoms with van der Waals surface area (Å²) >= 11 is 0. The molecule has 20 heavy (non-hydrogen) atoms. The summed E-state index contributed by atoms with van der Waals surface area (Å²) < 4.78 is 1.79. The SMILES string of the molecule is C[C@@H](Cn1cccn1)NC(=O)N[C@H](C)c1ccncc1. The number of hydrogen-bond acceptors (Lipinski definition) is 3. The zero-order valence-electron chi connectivity index (χ0n) is 11.7. The van der Waals surface area contributed by atoms with Crippen molar-refractivity contribution in [3.63, 3.8) is 0 Å². The molecule has 0 aliphatic carbocycles. The Bertz CT molecular complexity index is 526. The lowest BCUT2D eigenvalue weighted by atomic mass is 10.1. The van der Waals surface area contributed by atoms with Gasteiger partial charge in [0, 0.05) is 30.8 Å². The first-order valence-corrected chi connectivity index (χ1v) is 6.59. The molecule has 0 aromatic carbocycles. The molecule has 0 bridgehead atoms. The van der Waals surface area contributed by atoms with Crippen LogP contribution >= 0.6 is 0 Å². The largest absolute Gasteiger partial charge is 0.334 e. The minimum Gasteiger partial charge on any atom is -0.334 e. The molecule has 2 amide bonds. The predicted molar refractivity (Wildman–Crippen MR) is 76.0 cm³/mol. The van der Waals surface area contributed by atoms with Gasteiger partial charge in [0.15, 0.2) is 0 Å². The van der Waals surface area contributed by atoms with Crippen LogP contribution in [0.5, 0.6) is 0 Å². The number of rotatable bonds is 5. The molecule has 2 rings (SSSR count). The maximum absolute atomic E-state index is 11.9. The fourth-order valence-electron chi connectivity index (χ4n) is 1.93. The van der Waals surface area contributed by atoms with Crippen LogP contribution in [0.25, 0.3) is 0 Å². The first kappa shape index (κ1) is 14.0. The van der Waals surface area contributed by atoms with Gasteiger partial charge in [0.05, 0.1) is 12.6 Å². The first-order chi connectivity index (χ1) is 9.65. The van der Waals surface area contributed by atoms with Crippen LogP contribution in [0.4, 0.5) is 4.79 Å². The van der Waals surface area contributed by atoms with E-state index >= 15 is 0 Å². The van der Waals surface area contributed by atoms with Gasteiger partial charge in [0.2, 0.25) is 0 Å². The molecule has 0 aliphatic heterocycles. The van der Waals surface area contributed by atoms with Gasteiger partial charge in [-0.1, -0.05) is 0 Å². The number of hydrogen-bond donors (Lipinski definition) is 2. The van der Waals surface area contributed by atoms with E-state index in [1.807, 2.05) is 38.2 Å². The van der Waals surface area contributed by atoms with Gasteiger partial charge in [-0.05, 0) is 37.6 Å². The molecule has 2 atom stereocenters. The van der Waals surface area contributed by atoms with Crippen LogP contribution in [0.2, 0.25) is 0 Å². The van der Waals surface area contributed by atoms with Gasteiger partial charge < -0.3 is 10.6 Å². The van der Waals surface area contributed by atoms with Crippen molar-refractivity contribution < 1.29 is 4.79 Å². The summed E-state index contributed by atoms with van der Waals surface area (Å²) in [6.45, 7) is 4.52. The number of aromatic nitrogens is 3. The fraction of sp³-hybridized carbons (Fsp3) is 0.357. The Balaban J connectivity index is 1.80. The number of amides is 2. The van der Waals surface area contributed by atoms with Crippen LogP contribution in [0.3, 0.4) is 0 Å². The van der Waals surface area contributed by atoms with Crippen LogP contribution in [-0.2, 0) is 6.54 Å². The average molecular weight is 273 g/mol. The van der Waals surface area contributed by atoms with Crippen LogP contribution in [0.15, 0.2) is 43.0 Å². The van der Waals surface area contributed by atoms with Gasteiger partial charge in [-0.25, -0.2) is 4.79 Å². The number of nitrogens with zero attached hydrogens (tertiary/aromatic N) is 3. The highest BCUT2D eigenvalue weighted by atomic mass is 16.2. The number of urea groups is 1. The van der Waals surface area contributed by atoms with Gasteiger partial charge in [-0.3, -0.25) is 9.67 Å². The zero-order valence-corrected chi connectivity index (χ0v) is 11.7. The third-order valence-electron chi connectivity index (χ3n) is 2.95. The first-order valence-electron chi connectivity index (χ1n) is 6.59. The highest BCUT2D eigenvalue weighted by Crippen LogP contribution is 2.09. The molecule has 0 radical (unpaired) electrons. The zero-order chi connectivity index (χ0) is 14.4. The van der Waals surface area contributed by atoms with Gasteiger partial charge in [0.25, 0.3) is 0 Å². The molecular weight excluding hydrogens is 254 g/mol. The van der Waals surface area contributed by atoms with E-state index in [1.54, 1.807) is 23.3 Å². The topological polar surface area (TPSA) is 71.8 Å². The van der Waals surface area contributed by atoms with E-state index in [0.717, 1.165) is 5.56 Å². The second kappa shape index (κ2) is 6.70. The second-order valence-electron chi connectivity index (χ2n) is 4.75. The van der Waals surface area contributed by atoms with Gasteiger partial charge in [-0.15, -0.1) is 0 Å². The lowest BCUT2D eigenvalue weighted by Gasteiger charge is -2.18. The molecule has 0 fully saturated rings. The summed E-state index contributed by atoms with van der Waals surface area (Å²) in [6.07, 6.45) is 7.02. The molecule has 6 heteroatoms. The van der Waals surface area contributed by atoms with Crippen molar-refractivity contribution in [2.24, 2.45) is 0 Å². The second-order valence-corrected chi connectivity index (χ2v) is 4.75. The minimum atomic E-state index is -0.186. The molecule has 2 heterocycles. The Morgan fingerprint density at radius 2 is 2.00 bits per heavy atom. The maximum atomic E-state index is 11.9. The maximum Gasteiger partial charge on any atom is 0.315 e. The molecule has 6 nitrogen and oxygen atoms in total. The Hall–Kier alpha value is -2.37. The summed E-state index contributed by atoms with van der Waals surface area (Å²) in [6, 6.07) is 5.39. The van der Waals surface area contributed by atoms with E-state index in [9.17, 15) is 4.79 Å². The van der Waals surface area contributed by atoms with Crippen LogP contribution in [-0.4, -0.2) is 26.8 Å². The van der Waals surface area contributed by atoms with Gasteiger partial charge in [0.1, 0.15) is 0 Å². The fourth-order valence-corrected chi connectivity index (χ4v) is 1.93. The number of pyridine rings is 1. The smallest absolute Gasteiger partial charge is 0.315 e. The molecule has 0 saturated carbocycles. The Morgan fingerprint density at radius 1 is 1.25 bits per heavy atom. The molecule has 2 aromatic rings. The van der Waals surface area contributed by atoms with Crippen molar-refractivity contribution in [3.05, 3.63) is 48.5 Å². The van der Waals surface area contributed by atoms with Crippen molar-refractivity contribution in [3.8, 4) is 0 Å². The summed E-state index contributed by atoms with van der Waals surface area (Å²) in [7, 11) is 0. The van der Waals surface area contributed by atoms with Crippen molar-refractivity contribution in [1.82, 2.24) is 25.4 Å². The molecule has 0 aliphatic rings. The monoisotopic (exact) mass is 273 g/mol. The van der Waals surface area contributed by atoms with Crippen LogP contribution < -0.4 is 10.6 Å². The third-order valence-corrected chi connectivity index (χ3v) is 2.95. The average Bonchev–Trinajstić information content (AvgIpc) is 2.92. The third kappa shape index (κ3) is 4.08. The van der Waals surface area contributed by atoms with Crippen molar-refractivity contribution in [2.45, 2.75) is 32.5 Å². The Morgan fingerprint density at radius 3 is 2.65 bits per heavy atom. The van der Waals surface area contributed by atoms with Crippen LogP contribution in [0.1, 0.15) is 25.5 Å². The molecule has 0 spiro atoms. The van der Waals surface area contributed by atoms with Gasteiger partial charge >= 0.3 is 6.03 Å². The summed E-state index contributed by atoms with van der Waals surface area (Å²) in [4.78, 5) is 15.9. The van der Waals surface area contributed by atoms with Crippen molar-refractivity contribution in [1.29, 1.82) is 0 Å². The number of carbonyl (C=O) groups excluding carboxylic acids is 1. The normalized spacial score (nSPS) is 13.5. The van der Waals surface area contributed by atoms with E-state index in [0.29, 0.717) is 6.54 Å². The number of carbonyl (C=O) groups is 1. The standard InChI is InChI=1S/C14H19N5O/c1-11(10-19-9-3-6-16-19)17-14(20)18-12(2)13-4-7-15-8-5-13/h3-9,11-12H,10H2,1-2H3,(H2,17,18,20)/t11-,12+/m0/s1. The highest BCUT2D eigenvalue weighted by Gasteiger charge is 2.11. The predicted octanol–water partition coefficient (Wildman–Crippen LogP) is 1.73. The summed E-state index contributed by atoms with van der Waals surface area (Å²) in [5.41, 5.74) is 1.02. The molecule has 0 unspecified atom stereocenters. The van der Waals surface area contributed by atoms with E-state index in [2.05, 4.69) is 20.7 Å². The summed E-state index contributed by atoms with van der Waals surface area (Å²) in [5, 5.41) is 9.90. The molecule has 0 saturated heterocycles. The lowest BCUT2D eigenvalue weighted by Crippen LogP contribution is -2.43. The molecule has 106 valence electrons. The molecule has 2 N–H and O–H groups in total. The Labute approximate surface area is 118 Å². The van der Waals surface area contributed by atoms with E-state index in [1.165, 1.54) is 0 Å². The molecular formula is C14H19N5O. The van der Waals surface area contributed by atoms with Crippen molar-refractivity contribution in [2.75, 3.05) is 0 Å². The lowest BCUT2D eigenvalue weighted by molar-refractivity contribution is 0.233. The minimum absolute atomic E-state index is 0.000426.